The van der Waals surface area contributed by atoms with Crippen molar-refractivity contribution in [3.63, 3.8) is 0 Å². The molecule has 0 aliphatic carbocycles. The Morgan fingerprint density at radius 3 is 3.04 bits per heavy atom. The zero-order valence-electron chi connectivity index (χ0n) is 13.1. The maximum absolute atomic E-state index is 12.1. The Hall–Kier alpha value is -2.61. The molecule has 0 bridgehead atoms. The van der Waals surface area contributed by atoms with Gasteiger partial charge in [0, 0.05) is 23.8 Å². The molecule has 2 heterocycles. The van der Waals surface area contributed by atoms with Gasteiger partial charge in [-0.05, 0) is 34.1 Å². The quantitative estimate of drug-likeness (QED) is 0.555. The minimum atomic E-state index is -0.257. The van der Waals surface area contributed by atoms with Gasteiger partial charge in [0.05, 0.1) is 6.54 Å². The summed E-state index contributed by atoms with van der Waals surface area (Å²) in [5.74, 6) is 0.616. The van der Waals surface area contributed by atoms with Gasteiger partial charge in [0.15, 0.2) is 0 Å². The first kappa shape index (κ1) is 17.7. The number of ether oxygens (including phenoxy) is 1. The summed E-state index contributed by atoms with van der Waals surface area (Å²) in [4.78, 5) is 27.4. The molecule has 24 heavy (non-hydrogen) atoms. The largest absolute Gasteiger partial charge is 0.476 e. The maximum Gasteiger partial charge on any atom is 0.274 e. The van der Waals surface area contributed by atoms with Gasteiger partial charge in [0.2, 0.25) is 11.8 Å². The topological polar surface area (TPSA) is 85.2 Å². The smallest absolute Gasteiger partial charge is 0.274 e. The summed E-state index contributed by atoms with van der Waals surface area (Å²) in [6.07, 6.45) is 2.87. The molecule has 0 aromatic carbocycles. The van der Waals surface area contributed by atoms with E-state index in [1.54, 1.807) is 37.5 Å². The van der Waals surface area contributed by atoms with E-state index in [9.17, 15) is 9.59 Å². The summed E-state index contributed by atoms with van der Waals surface area (Å²) in [5, 5.41) is 5.58. The van der Waals surface area contributed by atoms with E-state index >= 15 is 0 Å². The van der Waals surface area contributed by atoms with Crippen molar-refractivity contribution < 1.29 is 9.53 Å². The van der Waals surface area contributed by atoms with E-state index in [2.05, 4.69) is 38.1 Å². The number of carbonyl (C=O) groups excluding carboxylic acids is 1. The Bertz CT molecular complexity index is 804. The summed E-state index contributed by atoms with van der Waals surface area (Å²) in [7, 11) is 1.67. The molecule has 7 nitrogen and oxygen atoms in total. The van der Waals surface area contributed by atoms with E-state index < -0.39 is 0 Å². The third kappa shape index (κ3) is 4.95. The van der Waals surface area contributed by atoms with E-state index in [-0.39, 0.29) is 18.1 Å². The molecule has 0 radical (unpaired) electrons. The Morgan fingerprint density at radius 1 is 1.50 bits per heavy atom. The van der Waals surface area contributed by atoms with Gasteiger partial charge in [-0.15, -0.1) is 0 Å². The number of hydrogen-bond donors (Lipinski definition) is 2. The molecule has 2 aromatic rings. The van der Waals surface area contributed by atoms with Gasteiger partial charge in [0.25, 0.3) is 5.56 Å². The lowest BCUT2D eigenvalue weighted by Crippen LogP contribution is -2.26. The van der Waals surface area contributed by atoms with Crippen molar-refractivity contribution in [2.45, 2.75) is 0 Å². The minimum Gasteiger partial charge on any atom is -0.476 e. The molecule has 1 amide bonds. The van der Waals surface area contributed by atoms with E-state index in [0.29, 0.717) is 23.9 Å². The highest BCUT2D eigenvalue weighted by molar-refractivity contribution is 9.10. The predicted molar refractivity (Wildman–Crippen MR) is 95.6 cm³/mol. The molecule has 0 aliphatic heterocycles. The molecule has 2 N–H and O–H groups in total. The van der Waals surface area contributed by atoms with Crippen LogP contribution in [0.25, 0.3) is 0 Å². The van der Waals surface area contributed by atoms with Crippen molar-refractivity contribution in [3.05, 3.63) is 57.9 Å². The van der Waals surface area contributed by atoms with Crippen LogP contribution in [0.1, 0.15) is 0 Å². The van der Waals surface area contributed by atoms with Crippen LogP contribution in [0, 0.1) is 0 Å². The summed E-state index contributed by atoms with van der Waals surface area (Å²) in [6, 6.07) is 6.87. The van der Waals surface area contributed by atoms with Crippen molar-refractivity contribution in [1.29, 1.82) is 0 Å². The molecule has 0 saturated carbocycles. The second-order valence-electron chi connectivity index (χ2n) is 4.82. The molecule has 0 unspecified atom stereocenters. The van der Waals surface area contributed by atoms with E-state index in [4.69, 9.17) is 4.74 Å². The van der Waals surface area contributed by atoms with Crippen molar-refractivity contribution in [3.8, 4) is 5.88 Å². The second-order valence-corrected chi connectivity index (χ2v) is 5.73. The Labute approximate surface area is 147 Å². The first-order chi connectivity index (χ1) is 11.5. The van der Waals surface area contributed by atoms with Gasteiger partial charge >= 0.3 is 0 Å². The van der Waals surface area contributed by atoms with Crippen LogP contribution >= 0.6 is 15.9 Å². The maximum atomic E-state index is 12.1. The zero-order chi connectivity index (χ0) is 17.5. The number of hydrogen-bond acceptors (Lipinski definition) is 5. The van der Waals surface area contributed by atoms with Gasteiger partial charge in [-0.3, -0.25) is 9.59 Å². The van der Waals surface area contributed by atoms with Crippen LogP contribution in [0.3, 0.4) is 0 Å². The SMILES string of the molecule is C=CC(=O)NCCOc1cccc(Nc2cc(Br)cn(C)c2=O)n1. The lowest BCUT2D eigenvalue weighted by atomic mass is 10.4. The Morgan fingerprint density at radius 2 is 2.29 bits per heavy atom. The monoisotopic (exact) mass is 392 g/mol. The van der Waals surface area contributed by atoms with E-state index in [1.807, 2.05) is 0 Å². The average Bonchev–Trinajstić information content (AvgIpc) is 2.56. The molecule has 2 rings (SSSR count). The average molecular weight is 393 g/mol. The summed E-state index contributed by atoms with van der Waals surface area (Å²) in [6.45, 7) is 3.98. The van der Waals surface area contributed by atoms with Crippen LogP contribution in [0.2, 0.25) is 0 Å². The van der Waals surface area contributed by atoms with Gasteiger partial charge < -0.3 is 19.9 Å². The number of amides is 1. The van der Waals surface area contributed by atoms with Crippen molar-refractivity contribution >= 4 is 33.3 Å². The zero-order valence-corrected chi connectivity index (χ0v) is 14.7. The molecule has 0 fully saturated rings. The predicted octanol–water partition coefficient (Wildman–Crippen LogP) is 1.97. The van der Waals surface area contributed by atoms with Gasteiger partial charge in [0.1, 0.15) is 18.1 Å². The third-order valence-electron chi connectivity index (χ3n) is 2.97. The molecule has 0 atom stereocenters. The Balaban J connectivity index is 2.02. The molecule has 0 aliphatic rings. The molecule has 0 saturated heterocycles. The minimum absolute atomic E-state index is 0.168. The van der Waals surface area contributed by atoms with Crippen LogP contribution in [-0.4, -0.2) is 28.6 Å². The van der Waals surface area contributed by atoms with E-state index in [0.717, 1.165) is 4.47 Å². The highest BCUT2D eigenvalue weighted by atomic mass is 79.9. The van der Waals surface area contributed by atoms with Gasteiger partial charge in [-0.25, -0.2) is 0 Å². The molecule has 0 spiro atoms. The fourth-order valence-electron chi connectivity index (χ4n) is 1.86. The number of nitrogens with zero attached hydrogens (tertiary/aromatic N) is 2. The number of aromatic nitrogens is 2. The number of aryl methyl sites for hydroxylation is 1. The van der Waals surface area contributed by atoms with Gasteiger partial charge in [-0.1, -0.05) is 12.6 Å². The van der Waals surface area contributed by atoms with Crippen LogP contribution in [0.15, 0.2) is 52.4 Å². The van der Waals surface area contributed by atoms with Crippen molar-refractivity contribution in [2.24, 2.45) is 7.05 Å². The number of pyridine rings is 2. The molecular weight excluding hydrogens is 376 g/mol. The number of anilines is 2. The molecule has 126 valence electrons. The molecule has 2 aromatic heterocycles. The number of halogens is 1. The fourth-order valence-corrected chi connectivity index (χ4v) is 2.40. The van der Waals surface area contributed by atoms with Crippen molar-refractivity contribution in [2.75, 3.05) is 18.5 Å². The van der Waals surface area contributed by atoms with Crippen LogP contribution in [-0.2, 0) is 11.8 Å². The van der Waals surface area contributed by atoms with Crippen LogP contribution < -0.4 is 20.9 Å². The third-order valence-corrected chi connectivity index (χ3v) is 3.41. The summed E-state index contributed by atoms with van der Waals surface area (Å²) in [5.41, 5.74) is 0.230. The lowest BCUT2D eigenvalue weighted by Gasteiger charge is -2.10. The first-order valence-electron chi connectivity index (χ1n) is 7.13. The number of carbonyl (C=O) groups is 1. The van der Waals surface area contributed by atoms with Gasteiger partial charge in [-0.2, -0.15) is 4.98 Å². The molecular formula is C16H17BrN4O3. The lowest BCUT2D eigenvalue weighted by molar-refractivity contribution is -0.116. The first-order valence-corrected chi connectivity index (χ1v) is 7.92. The highest BCUT2D eigenvalue weighted by Crippen LogP contribution is 2.17. The molecule has 8 heteroatoms. The van der Waals surface area contributed by atoms with Crippen molar-refractivity contribution in [1.82, 2.24) is 14.9 Å². The fraction of sp³-hybridized carbons (Fsp3) is 0.188. The number of rotatable bonds is 7. The van der Waals surface area contributed by atoms with Crippen LogP contribution in [0.5, 0.6) is 5.88 Å². The highest BCUT2D eigenvalue weighted by Gasteiger charge is 2.06. The summed E-state index contributed by atoms with van der Waals surface area (Å²) < 4.78 is 7.71. The number of nitrogens with one attached hydrogen (secondary N) is 2. The Kier molecular flexibility index (Phi) is 6.14. The summed E-state index contributed by atoms with van der Waals surface area (Å²) >= 11 is 3.35. The standard InChI is InChI=1S/C16H17BrN4O3/c1-3-14(22)18-7-8-24-15-6-4-5-13(20-15)19-12-9-11(17)10-21(2)16(12)23/h3-6,9-10H,1,7-8H2,2H3,(H,18,22)(H,19,20). The van der Waals surface area contributed by atoms with E-state index in [1.165, 1.54) is 10.6 Å². The second kappa shape index (κ2) is 8.30. The normalized spacial score (nSPS) is 10.1. The van der Waals surface area contributed by atoms with Crippen LogP contribution in [0.4, 0.5) is 11.5 Å².